The first kappa shape index (κ1) is 22.5. The fraction of sp³-hybridized carbons (Fsp3) is 0.880. The van der Waals surface area contributed by atoms with Crippen molar-refractivity contribution in [2.75, 3.05) is 0 Å². The van der Waals surface area contributed by atoms with Crippen molar-refractivity contribution in [3.63, 3.8) is 0 Å². The molecule has 164 valence electrons. The van der Waals surface area contributed by atoms with Crippen LogP contribution >= 0.6 is 0 Å². The lowest BCUT2D eigenvalue weighted by molar-refractivity contribution is -0.143. The van der Waals surface area contributed by atoms with Gasteiger partial charge in [0.05, 0.1) is 0 Å². The fourth-order valence-corrected chi connectivity index (χ4v) is 7.78. The zero-order chi connectivity index (χ0) is 21.4. The molecule has 4 nitrogen and oxygen atoms in total. The summed E-state index contributed by atoms with van der Waals surface area (Å²) in [5, 5.41) is 9.09. The van der Waals surface area contributed by atoms with Crippen molar-refractivity contribution in [1.29, 1.82) is 0 Å². The molecule has 0 amide bonds. The van der Waals surface area contributed by atoms with Gasteiger partial charge in [-0.1, -0.05) is 27.7 Å². The molecule has 1 N–H and O–H groups in total. The van der Waals surface area contributed by atoms with Crippen LogP contribution in [0.1, 0.15) is 91.9 Å². The predicted molar refractivity (Wildman–Crippen MR) is 113 cm³/mol. The minimum absolute atomic E-state index is 0.170. The van der Waals surface area contributed by atoms with Crippen LogP contribution in [0.25, 0.3) is 0 Å². The van der Waals surface area contributed by atoms with Gasteiger partial charge in [0.15, 0.2) is 0 Å². The average Bonchev–Trinajstić information content (AvgIpc) is 3.01. The van der Waals surface area contributed by atoms with E-state index in [0.29, 0.717) is 54.1 Å². The van der Waals surface area contributed by atoms with Crippen molar-refractivity contribution in [1.82, 2.24) is 0 Å². The summed E-state index contributed by atoms with van der Waals surface area (Å²) >= 11 is 0. The van der Waals surface area contributed by atoms with Crippen LogP contribution in [0.2, 0.25) is 0 Å². The number of carboxylic acids is 1. The number of carbonyl (C=O) groups is 3. The van der Waals surface area contributed by atoms with E-state index >= 15 is 0 Å². The van der Waals surface area contributed by atoms with E-state index in [0.717, 1.165) is 51.2 Å². The largest absolute Gasteiger partial charge is 0.481 e. The third kappa shape index (κ3) is 4.05. The molecule has 0 spiro atoms. The molecule has 3 fully saturated rings. The van der Waals surface area contributed by atoms with Gasteiger partial charge in [-0.15, -0.1) is 0 Å². The van der Waals surface area contributed by atoms with Crippen molar-refractivity contribution in [3.05, 3.63) is 0 Å². The molecule has 0 saturated heterocycles. The Kier molecular flexibility index (Phi) is 6.60. The first-order valence-electron chi connectivity index (χ1n) is 11.8. The summed E-state index contributed by atoms with van der Waals surface area (Å²) in [6.45, 7) is 8.98. The highest BCUT2D eigenvalue weighted by Gasteiger charge is 2.58. The molecular weight excluding hydrogens is 364 g/mol. The summed E-state index contributed by atoms with van der Waals surface area (Å²) in [5.74, 6) is 2.21. The smallest absolute Gasteiger partial charge is 0.303 e. The zero-order valence-electron chi connectivity index (χ0n) is 18.8. The molecule has 29 heavy (non-hydrogen) atoms. The van der Waals surface area contributed by atoms with Gasteiger partial charge in [0, 0.05) is 24.7 Å². The fourth-order valence-electron chi connectivity index (χ4n) is 7.78. The quantitative estimate of drug-likeness (QED) is 0.566. The van der Waals surface area contributed by atoms with E-state index in [1.165, 1.54) is 0 Å². The number of aldehydes is 1. The van der Waals surface area contributed by atoms with Gasteiger partial charge in [-0.05, 0) is 85.9 Å². The number of hydrogen-bond donors (Lipinski definition) is 1. The molecule has 3 rings (SSSR count). The lowest BCUT2D eigenvalue weighted by Crippen LogP contribution is -2.51. The van der Waals surface area contributed by atoms with Gasteiger partial charge in [0.1, 0.15) is 12.1 Å². The number of carbonyl (C=O) groups excluding carboxylic acids is 2. The summed E-state index contributed by atoms with van der Waals surface area (Å²) in [4.78, 5) is 35.9. The highest BCUT2D eigenvalue weighted by atomic mass is 16.4. The standard InChI is InChI=1S/C25H40O4/c1-16-9-12-25(4,22(27)15-16)21-10-13-24(3)19(17(2)5-8-23(28)29)6-7-20(24)18(21)11-14-26/h14,16-21H,5-13,15H2,1-4H3,(H,28,29)/t16-,17+,18?,19+,20?,21?,24+,25+/m0/s1. The Morgan fingerprint density at radius 3 is 2.52 bits per heavy atom. The van der Waals surface area contributed by atoms with E-state index in [1.807, 2.05) is 0 Å². The van der Waals surface area contributed by atoms with E-state index in [9.17, 15) is 14.4 Å². The van der Waals surface area contributed by atoms with Gasteiger partial charge >= 0.3 is 5.97 Å². The Balaban J connectivity index is 1.82. The number of rotatable bonds is 7. The number of ketones is 1. The minimum atomic E-state index is -0.711. The molecule has 0 radical (unpaired) electrons. The normalized spacial score (nSPS) is 43.6. The molecule has 0 aromatic rings. The SMILES string of the molecule is C[C@H]1CC[C@](C)(C2CC[C@@]3(C)C(CC[C@@H]3[C@H](C)CCC(=O)O)C2CC=O)C(=O)C1. The number of carboxylic acid groups (broad SMARTS) is 1. The summed E-state index contributed by atoms with van der Waals surface area (Å²) < 4.78 is 0. The van der Waals surface area contributed by atoms with Crippen LogP contribution in [0.15, 0.2) is 0 Å². The van der Waals surface area contributed by atoms with Crippen LogP contribution in [0.5, 0.6) is 0 Å². The monoisotopic (exact) mass is 404 g/mol. The number of Topliss-reactive ketones (excluding diaryl/α,β-unsaturated/α-hetero) is 1. The molecule has 0 bridgehead atoms. The molecule has 4 heteroatoms. The van der Waals surface area contributed by atoms with Crippen LogP contribution in [-0.4, -0.2) is 23.1 Å². The van der Waals surface area contributed by atoms with Gasteiger partial charge in [-0.25, -0.2) is 0 Å². The molecule has 3 saturated carbocycles. The Morgan fingerprint density at radius 2 is 1.90 bits per heavy atom. The van der Waals surface area contributed by atoms with Crippen molar-refractivity contribution in [2.45, 2.75) is 91.9 Å². The summed E-state index contributed by atoms with van der Waals surface area (Å²) in [5.41, 5.74) is -0.0992. The van der Waals surface area contributed by atoms with E-state index in [2.05, 4.69) is 27.7 Å². The van der Waals surface area contributed by atoms with Gasteiger partial charge < -0.3 is 9.90 Å². The molecular formula is C25H40O4. The van der Waals surface area contributed by atoms with E-state index in [1.54, 1.807) is 0 Å². The number of fused-ring (bicyclic) bond motifs is 1. The van der Waals surface area contributed by atoms with Crippen LogP contribution < -0.4 is 0 Å². The molecule has 8 atom stereocenters. The van der Waals surface area contributed by atoms with Crippen molar-refractivity contribution in [2.24, 2.45) is 46.3 Å². The summed E-state index contributed by atoms with van der Waals surface area (Å²) in [6, 6.07) is 0. The highest BCUT2D eigenvalue weighted by molar-refractivity contribution is 5.85. The maximum atomic E-state index is 13.1. The summed E-state index contributed by atoms with van der Waals surface area (Å²) in [7, 11) is 0. The van der Waals surface area contributed by atoms with Crippen LogP contribution in [-0.2, 0) is 14.4 Å². The van der Waals surface area contributed by atoms with Gasteiger partial charge in [-0.3, -0.25) is 9.59 Å². The van der Waals surface area contributed by atoms with Crippen molar-refractivity contribution < 1.29 is 19.5 Å². The van der Waals surface area contributed by atoms with E-state index < -0.39 is 5.97 Å². The average molecular weight is 405 g/mol. The first-order valence-corrected chi connectivity index (χ1v) is 11.8. The van der Waals surface area contributed by atoms with E-state index in [-0.39, 0.29) is 17.3 Å². The third-order valence-electron chi connectivity index (χ3n) is 9.52. The third-order valence-corrected chi connectivity index (χ3v) is 9.52. The van der Waals surface area contributed by atoms with Crippen LogP contribution in [0.3, 0.4) is 0 Å². The maximum absolute atomic E-state index is 13.1. The Labute approximate surface area is 176 Å². The Bertz CT molecular complexity index is 643. The second kappa shape index (κ2) is 8.51. The number of hydrogen-bond acceptors (Lipinski definition) is 3. The predicted octanol–water partition coefficient (Wildman–Crippen LogP) is 5.53. The Morgan fingerprint density at radius 1 is 1.17 bits per heavy atom. The second-order valence-electron chi connectivity index (χ2n) is 11.1. The first-order chi connectivity index (χ1) is 13.6. The molecule has 0 aromatic heterocycles. The Hall–Kier alpha value is -1.19. The molecule has 0 aromatic carbocycles. The zero-order valence-corrected chi connectivity index (χ0v) is 18.8. The van der Waals surface area contributed by atoms with Crippen LogP contribution in [0.4, 0.5) is 0 Å². The summed E-state index contributed by atoms with van der Waals surface area (Å²) in [6.07, 6.45) is 9.80. The van der Waals surface area contributed by atoms with E-state index in [4.69, 9.17) is 5.11 Å². The lowest BCUT2D eigenvalue weighted by atomic mass is 9.49. The molecule has 3 aliphatic rings. The molecule has 3 unspecified atom stereocenters. The van der Waals surface area contributed by atoms with Gasteiger partial charge in [0.25, 0.3) is 0 Å². The van der Waals surface area contributed by atoms with Crippen LogP contribution in [0, 0.1) is 46.3 Å². The number of aliphatic carboxylic acids is 1. The van der Waals surface area contributed by atoms with Gasteiger partial charge in [0.2, 0.25) is 0 Å². The lowest BCUT2D eigenvalue weighted by Gasteiger charge is -2.55. The molecule has 0 aliphatic heterocycles. The molecule has 3 aliphatic carbocycles. The minimum Gasteiger partial charge on any atom is -0.481 e. The second-order valence-corrected chi connectivity index (χ2v) is 11.1. The van der Waals surface area contributed by atoms with Crippen molar-refractivity contribution in [3.8, 4) is 0 Å². The topological polar surface area (TPSA) is 71.4 Å². The van der Waals surface area contributed by atoms with Gasteiger partial charge in [-0.2, -0.15) is 0 Å². The maximum Gasteiger partial charge on any atom is 0.303 e. The van der Waals surface area contributed by atoms with Crippen molar-refractivity contribution >= 4 is 18.0 Å². The molecule has 0 heterocycles. The highest BCUT2D eigenvalue weighted by Crippen LogP contribution is 2.64.